The first-order valence-electron chi connectivity index (χ1n) is 6.68. The minimum Gasteiger partial charge on any atom is -0.395 e. The van der Waals surface area contributed by atoms with Gasteiger partial charge in [-0.1, -0.05) is 23.2 Å². The van der Waals surface area contributed by atoms with Crippen molar-refractivity contribution in [3.8, 4) is 0 Å². The Morgan fingerprint density at radius 1 is 1.32 bits per heavy atom. The number of likely N-dealkylation sites (N-methyl/N-ethyl adjacent to an activating group) is 1. The zero-order valence-corrected chi connectivity index (χ0v) is 13.8. The highest BCUT2D eigenvalue weighted by molar-refractivity contribution is 6.42. The molecule has 1 aromatic heterocycles. The van der Waals surface area contributed by atoms with Gasteiger partial charge in [0.05, 0.1) is 11.6 Å². The lowest BCUT2D eigenvalue weighted by molar-refractivity contribution is 0.101. The van der Waals surface area contributed by atoms with Gasteiger partial charge in [0.2, 0.25) is 0 Å². The minimum atomic E-state index is -0.284. The average molecular weight is 342 g/mol. The maximum Gasteiger partial charge on any atom is 0.272 e. The molecule has 2 rings (SSSR count). The number of hydrogen-bond acceptors (Lipinski definition) is 3. The van der Waals surface area contributed by atoms with Gasteiger partial charge in [-0.25, -0.2) is 0 Å². The predicted molar refractivity (Wildman–Crippen MR) is 90.2 cm³/mol. The predicted octanol–water partition coefficient (Wildman–Crippen LogP) is 3.01. The van der Waals surface area contributed by atoms with Gasteiger partial charge in [-0.15, -0.1) is 0 Å². The number of aromatic nitrogens is 1. The molecule has 0 radical (unpaired) electrons. The summed E-state index contributed by atoms with van der Waals surface area (Å²) in [5.74, 6) is -0.284. The van der Waals surface area contributed by atoms with Crippen LogP contribution < -0.4 is 10.2 Å². The van der Waals surface area contributed by atoms with Gasteiger partial charge in [0, 0.05) is 32.0 Å². The van der Waals surface area contributed by atoms with Crippen LogP contribution in [-0.2, 0) is 7.05 Å². The molecule has 5 nitrogen and oxygen atoms in total. The van der Waals surface area contributed by atoms with Crippen molar-refractivity contribution in [2.24, 2.45) is 7.05 Å². The van der Waals surface area contributed by atoms with Crippen molar-refractivity contribution < 1.29 is 9.90 Å². The molecular formula is C15H17Cl2N3O2. The summed E-state index contributed by atoms with van der Waals surface area (Å²) in [5.41, 5.74) is 2.01. The molecule has 22 heavy (non-hydrogen) atoms. The number of aliphatic hydroxyl groups excluding tert-OH is 1. The Bertz CT molecular complexity index is 668. The monoisotopic (exact) mass is 341 g/mol. The highest BCUT2D eigenvalue weighted by Gasteiger charge is 2.15. The van der Waals surface area contributed by atoms with Crippen LogP contribution in [0, 0.1) is 0 Å². The van der Waals surface area contributed by atoms with E-state index in [1.807, 2.05) is 24.1 Å². The van der Waals surface area contributed by atoms with Gasteiger partial charge in [0.25, 0.3) is 5.91 Å². The molecule has 1 aromatic carbocycles. The summed E-state index contributed by atoms with van der Waals surface area (Å²) >= 11 is 11.9. The van der Waals surface area contributed by atoms with Gasteiger partial charge in [0.15, 0.2) is 0 Å². The van der Waals surface area contributed by atoms with Crippen LogP contribution in [-0.4, -0.2) is 35.8 Å². The van der Waals surface area contributed by atoms with Crippen molar-refractivity contribution in [3.05, 3.63) is 46.2 Å². The molecule has 118 valence electrons. The molecule has 0 spiro atoms. The lowest BCUT2D eigenvalue weighted by atomic mass is 10.2. The number of hydrogen-bond donors (Lipinski definition) is 2. The first-order valence-corrected chi connectivity index (χ1v) is 7.43. The summed E-state index contributed by atoms with van der Waals surface area (Å²) in [4.78, 5) is 14.1. The van der Waals surface area contributed by atoms with E-state index in [4.69, 9.17) is 28.3 Å². The standard InChI is InChI=1S/C15H17Cl2N3O2/c1-19(7-8-21)11-5-3-10(4-6-11)18-15(22)13-9-12(16)14(17)20(13)2/h3-6,9,21H,7-8H2,1-2H3,(H,18,22). The molecule has 0 aliphatic carbocycles. The van der Waals surface area contributed by atoms with Crippen molar-refractivity contribution in [3.63, 3.8) is 0 Å². The second-order valence-corrected chi connectivity index (χ2v) is 5.64. The van der Waals surface area contributed by atoms with Crippen LogP contribution in [0.5, 0.6) is 0 Å². The zero-order chi connectivity index (χ0) is 16.3. The van der Waals surface area contributed by atoms with Gasteiger partial charge < -0.3 is 19.9 Å². The van der Waals surface area contributed by atoms with E-state index in [1.165, 1.54) is 10.6 Å². The third-order valence-corrected chi connectivity index (χ3v) is 4.19. The summed E-state index contributed by atoms with van der Waals surface area (Å²) in [6, 6.07) is 8.87. The third-order valence-electron chi connectivity index (χ3n) is 3.35. The summed E-state index contributed by atoms with van der Waals surface area (Å²) in [6.45, 7) is 0.635. The SMILES string of the molecule is CN(CCO)c1ccc(NC(=O)c2cc(Cl)c(Cl)n2C)cc1. The third kappa shape index (κ3) is 3.55. The fraction of sp³-hybridized carbons (Fsp3) is 0.267. The fourth-order valence-corrected chi connectivity index (χ4v) is 2.41. The Labute approximate surface area is 139 Å². The van der Waals surface area contributed by atoms with Crippen LogP contribution in [0.3, 0.4) is 0 Å². The number of benzene rings is 1. The van der Waals surface area contributed by atoms with Crippen LogP contribution >= 0.6 is 23.2 Å². The van der Waals surface area contributed by atoms with Crippen molar-refractivity contribution in [1.29, 1.82) is 0 Å². The summed E-state index contributed by atoms with van der Waals surface area (Å²) in [5, 5.41) is 12.4. The fourth-order valence-electron chi connectivity index (χ4n) is 2.03. The van der Waals surface area contributed by atoms with Crippen molar-refractivity contribution in [2.45, 2.75) is 0 Å². The Balaban J connectivity index is 2.10. The maximum atomic E-state index is 12.2. The zero-order valence-electron chi connectivity index (χ0n) is 12.3. The molecule has 0 aliphatic rings. The second kappa shape index (κ2) is 7.05. The summed E-state index contributed by atoms with van der Waals surface area (Å²) < 4.78 is 1.53. The number of carbonyl (C=O) groups is 1. The van der Waals surface area contributed by atoms with E-state index in [-0.39, 0.29) is 12.5 Å². The number of halogens is 2. The minimum absolute atomic E-state index is 0.0873. The topological polar surface area (TPSA) is 57.5 Å². The van der Waals surface area contributed by atoms with Crippen LogP contribution in [0.15, 0.2) is 30.3 Å². The van der Waals surface area contributed by atoms with Crippen molar-refractivity contribution in [1.82, 2.24) is 4.57 Å². The highest BCUT2D eigenvalue weighted by atomic mass is 35.5. The molecule has 0 bridgehead atoms. The first kappa shape index (κ1) is 16.7. The highest BCUT2D eigenvalue weighted by Crippen LogP contribution is 2.26. The van der Waals surface area contributed by atoms with Crippen molar-refractivity contribution in [2.75, 3.05) is 30.4 Å². The van der Waals surface area contributed by atoms with E-state index < -0.39 is 0 Å². The number of rotatable bonds is 5. The van der Waals surface area contributed by atoms with Gasteiger partial charge in [-0.2, -0.15) is 0 Å². The summed E-state index contributed by atoms with van der Waals surface area (Å²) in [7, 11) is 3.56. The Morgan fingerprint density at radius 3 is 2.45 bits per heavy atom. The molecular weight excluding hydrogens is 325 g/mol. The van der Waals surface area contributed by atoms with Crippen LogP contribution in [0.1, 0.15) is 10.5 Å². The van der Waals surface area contributed by atoms with E-state index in [0.29, 0.717) is 28.1 Å². The molecule has 2 N–H and O–H groups in total. The quantitative estimate of drug-likeness (QED) is 0.878. The van der Waals surface area contributed by atoms with Crippen LogP contribution in [0.4, 0.5) is 11.4 Å². The van der Waals surface area contributed by atoms with Crippen LogP contribution in [0.25, 0.3) is 0 Å². The van der Waals surface area contributed by atoms with Crippen LogP contribution in [0.2, 0.25) is 10.2 Å². The van der Waals surface area contributed by atoms with E-state index in [2.05, 4.69) is 5.32 Å². The normalized spacial score (nSPS) is 10.6. The largest absolute Gasteiger partial charge is 0.395 e. The number of nitrogens with zero attached hydrogens (tertiary/aromatic N) is 2. The Morgan fingerprint density at radius 2 is 1.95 bits per heavy atom. The van der Waals surface area contributed by atoms with E-state index in [1.54, 1.807) is 19.2 Å². The number of carbonyl (C=O) groups excluding carboxylic acids is 1. The second-order valence-electron chi connectivity index (χ2n) is 4.87. The molecule has 0 unspecified atom stereocenters. The Kier molecular flexibility index (Phi) is 5.34. The lowest BCUT2D eigenvalue weighted by Gasteiger charge is -2.18. The molecule has 2 aromatic rings. The van der Waals surface area contributed by atoms with Gasteiger partial charge in [0.1, 0.15) is 10.8 Å². The van der Waals surface area contributed by atoms with E-state index in [9.17, 15) is 4.79 Å². The van der Waals surface area contributed by atoms with E-state index >= 15 is 0 Å². The summed E-state index contributed by atoms with van der Waals surface area (Å²) in [6.07, 6.45) is 0. The number of amides is 1. The smallest absolute Gasteiger partial charge is 0.272 e. The molecule has 0 saturated carbocycles. The van der Waals surface area contributed by atoms with Gasteiger partial charge in [-0.05, 0) is 30.3 Å². The molecule has 0 aliphatic heterocycles. The Hall–Kier alpha value is -1.69. The average Bonchev–Trinajstić information content (AvgIpc) is 2.76. The van der Waals surface area contributed by atoms with Gasteiger partial charge in [-0.3, -0.25) is 4.79 Å². The maximum absolute atomic E-state index is 12.2. The van der Waals surface area contributed by atoms with E-state index in [0.717, 1.165) is 5.69 Å². The number of aliphatic hydroxyl groups is 1. The first-order chi connectivity index (χ1) is 10.4. The van der Waals surface area contributed by atoms with Gasteiger partial charge >= 0.3 is 0 Å². The molecule has 1 amide bonds. The molecule has 1 heterocycles. The van der Waals surface area contributed by atoms with Crippen molar-refractivity contribution >= 4 is 40.5 Å². The number of nitrogens with one attached hydrogen (secondary N) is 1. The molecule has 7 heteroatoms. The molecule has 0 atom stereocenters. The number of anilines is 2. The lowest BCUT2D eigenvalue weighted by Crippen LogP contribution is -2.21. The molecule has 0 saturated heterocycles. The molecule has 0 fully saturated rings.